The average Bonchev–Trinajstić information content (AvgIpc) is 3.21. The molecule has 0 aliphatic carbocycles. The van der Waals surface area contributed by atoms with Crippen molar-refractivity contribution in [2.45, 2.75) is 25.8 Å². The summed E-state index contributed by atoms with van der Waals surface area (Å²) in [5.74, 6) is -2.58. The summed E-state index contributed by atoms with van der Waals surface area (Å²) in [6, 6.07) is 2.02. The van der Waals surface area contributed by atoms with Gasteiger partial charge < -0.3 is 5.11 Å². The summed E-state index contributed by atoms with van der Waals surface area (Å²) in [7, 11) is -3.18. The Morgan fingerprint density at radius 2 is 2.07 bits per heavy atom. The van der Waals surface area contributed by atoms with E-state index in [1.54, 1.807) is 17.5 Å². The van der Waals surface area contributed by atoms with Gasteiger partial charge in [0.2, 0.25) is 10.0 Å². The molecule has 2 N–H and O–H groups in total. The van der Waals surface area contributed by atoms with Crippen LogP contribution in [0.3, 0.4) is 0 Å². The zero-order valence-electron chi connectivity index (χ0n) is 15.3. The lowest BCUT2D eigenvalue weighted by Crippen LogP contribution is -2.36. The van der Waals surface area contributed by atoms with Crippen molar-refractivity contribution in [1.82, 2.24) is 24.4 Å². The second kappa shape index (κ2) is 9.65. The quantitative estimate of drug-likeness (QED) is 0.695. The number of carboxylic acid groups (broad SMARTS) is 1. The van der Waals surface area contributed by atoms with Gasteiger partial charge in [-0.15, -0.1) is 11.3 Å². The molecule has 9 nitrogen and oxygen atoms in total. The number of sulfonamides is 1. The Labute approximate surface area is 169 Å². The normalized spacial score (nSPS) is 17.7. The molecule has 0 saturated heterocycles. The van der Waals surface area contributed by atoms with Gasteiger partial charge in [-0.25, -0.2) is 22.9 Å². The van der Waals surface area contributed by atoms with Crippen LogP contribution in [0.1, 0.15) is 10.7 Å². The number of halogens is 3. The molecule has 1 atom stereocenters. The summed E-state index contributed by atoms with van der Waals surface area (Å²) >= 11 is 1.64. The van der Waals surface area contributed by atoms with E-state index >= 15 is 0 Å². The predicted octanol–water partition coefficient (Wildman–Crippen LogP) is 1.15. The van der Waals surface area contributed by atoms with E-state index in [1.165, 1.54) is 6.26 Å². The molecule has 0 saturated carbocycles. The van der Waals surface area contributed by atoms with Crippen molar-refractivity contribution in [1.29, 1.82) is 0 Å². The molecule has 1 unspecified atom stereocenters. The van der Waals surface area contributed by atoms with E-state index in [0.717, 1.165) is 36.9 Å². The number of hydrogen-bond acceptors (Lipinski definition) is 7. The summed E-state index contributed by atoms with van der Waals surface area (Å²) < 4.78 is 59.0. The van der Waals surface area contributed by atoms with E-state index in [1.807, 2.05) is 22.3 Å². The molecular formula is C15H20F3N5O4S2. The van der Waals surface area contributed by atoms with Gasteiger partial charge in [0.25, 0.3) is 0 Å². The van der Waals surface area contributed by atoms with Crippen LogP contribution in [0.4, 0.5) is 13.2 Å². The first-order valence-electron chi connectivity index (χ1n) is 8.30. The molecule has 0 amide bonds. The van der Waals surface area contributed by atoms with Gasteiger partial charge in [0.05, 0.1) is 18.5 Å². The van der Waals surface area contributed by atoms with Crippen LogP contribution in [-0.2, 0) is 34.5 Å². The van der Waals surface area contributed by atoms with Crippen LogP contribution >= 0.6 is 11.3 Å². The molecule has 0 fully saturated rings. The van der Waals surface area contributed by atoms with Gasteiger partial charge in [-0.3, -0.25) is 9.58 Å². The van der Waals surface area contributed by atoms with Crippen LogP contribution in [0.2, 0.25) is 0 Å². The SMILES string of the molecule is CS(=O)(=O)NCC1CN(Cc2nccs2)Cc2ccnn2C1.O=C(O)C(F)(F)F. The highest BCUT2D eigenvalue weighted by Crippen LogP contribution is 2.18. The van der Waals surface area contributed by atoms with Crippen LogP contribution in [0.15, 0.2) is 23.8 Å². The summed E-state index contributed by atoms with van der Waals surface area (Å²) in [6.07, 6.45) is -0.287. The third-order valence-electron chi connectivity index (χ3n) is 3.86. The van der Waals surface area contributed by atoms with Crippen molar-refractivity contribution in [3.8, 4) is 0 Å². The minimum Gasteiger partial charge on any atom is -0.475 e. The largest absolute Gasteiger partial charge is 0.490 e. The first-order valence-corrected chi connectivity index (χ1v) is 11.1. The summed E-state index contributed by atoms with van der Waals surface area (Å²) in [6.45, 7) is 3.53. The summed E-state index contributed by atoms with van der Waals surface area (Å²) in [5, 5.41) is 14.5. The molecule has 0 bridgehead atoms. The van der Waals surface area contributed by atoms with E-state index in [4.69, 9.17) is 9.90 Å². The van der Waals surface area contributed by atoms with Crippen molar-refractivity contribution < 1.29 is 31.5 Å². The Kier molecular flexibility index (Phi) is 7.73. The number of aliphatic carboxylic acids is 1. The van der Waals surface area contributed by atoms with Gasteiger partial charge in [0.1, 0.15) is 5.01 Å². The molecule has 3 heterocycles. The molecule has 0 spiro atoms. The van der Waals surface area contributed by atoms with Crippen LogP contribution < -0.4 is 4.72 Å². The lowest BCUT2D eigenvalue weighted by atomic mass is 10.1. The molecule has 2 aromatic rings. The lowest BCUT2D eigenvalue weighted by Gasteiger charge is -2.22. The molecular weight excluding hydrogens is 435 g/mol. The van der Waals surface area contributed by atoms with Crippen molar-refractivity contribution >= 4 is 27.3 Å². The molecule has 1 aliphatic rings. The minimum atomic E-state index is -5.08. The van der Waals surface area contributed by atoms with E-state index in [-0.39, 0.29) is 5.92 Å². The van der Waals surface area contributed by atoms with E-state index in [9.17, 15) is 21.6 Å². The average molecular weight is 455 g/mol. The summed E-state index contributed by atoms with van der Waals surface area (Å²) in [5.41, 5.74) is 1.15. The fourth-order valence-corrected chi connectivity index (χ4v) is 3.86. The first kappa shape index (κ1) is 23.3. The zero-order chi connectivity index (χ0) is 21.7. The number of nitrogens with zero attached hydrogens (tertiary/aromatic N) is 4. The number of thiazole rings is 1. The van der Waals surface area contributed by atoms with Crippen molar-refractivity contribution in [2.75, 3.05) is 19.3 Å². The minimum absolute atomic E-state index is 0.177. The standard InChI is InChI=1S/C13H19N5O2S2.C2HF3O2/c1-22(19,20)16-6-11-7-17(10-13-14-4-5-21-13)9-12-2-3-15-18(12)8-11;3-2(4,5)1(6)7/h2-5,11,16H,6-10H2,1H3;(H,6,7). The first-order chi connectivity index (χ1) is 13.4. The van der Waals surface area contributed by atoms with Crippen LogP contribution in [0.5, 0.6) is 0 Å². The van der Waals surface area contributed by atoms with Gasteiger partial charge in [-0.2, -0.15) is 18.3 Å². The monoisotopic (exact) mass is 455 g/mol. The van der Waals surface area contributed by atoms with E-state index in [2.05, 4.69) is 19.7 Å². The van der Waals surface area contributed by atoms with Crippen LogP contribution in [0, 0.1) is 5.92 Å². The number of hydrogen-bond donors (Lipinski definition) is 2. The fraction of sp³-hybridized carbons (Fsp3) is 0.533. The van der Waals surface area contributed by atoms with Crippen LogP contribution in [0.25, 0.3) is 0 Å². The highest BCUT2D eigenvalue weighted by molar-refractivity contribution is 7.88. The maximum atomic E-state index is 11.3. The molecule has 162 valence electrons. The Morgan fingerprint density at radius 3 is 2.62 bits per heavy atom. The third kappa shape index (κ3) is 8.08. The Balaban J connectivity index is 0.000000370. The highest BCUT2D eigenvalue weighted by Gasteiger charge is 2.38. The number of fused-ring (bicyclic) bond motifs is 1. The van der Waals surface area contributed by atoms with Crippen molar-refractivity contribution in [2.24, 2.45) is 5.92 Å². The zero-order valence-corrected chi connectivity index (χ0v) is 17.0. The van der Waals surface area contributed by atoms with E-state index in [0.29, 0.717) is 6.54 Å². The Bertz CT molecular complexity index is 899. The number of nitrogens with one attached hydrogen (secondary N) is 1. The van der Waals surface area contributed by atoms with Crippen LogP contribution in [-0.4, -0.2) is 64.7 Å². The van der Waals surface area contributed by atoms with Gasteiger partial charge in [-0.05, 0) is 6.07 Å². The second-order valence-electron chi connectivity index (χ2n) is 6.39. The maximum absolute atomic E-state index is 11.3. The molecule has 0 radical (unpaired) electrons. The second-order valence-corrected chi connectivity index (χ2v) is 9.20. The smallest absolute Gasteiger partial charge is 0.475 e. The predicted molar refractivity (Wildman–Crippen MR) is 98.5 cm³/mol. The molecule has 3 rings (SSSR count). The topological polar surface area (TPSA) is 117 Å². The molecule has 14 heteroatoms. The number of alkyl halides is 3. The third-order valence-corrected chi connectivity index (χ3v) is 5.31. The lowest BCUT2D eigenvalue weighted by molar-refractivity contribution is -0.192. The fourth-order valence-electron chi connectivity index (χ4n) is 2.66. The van der Waals surface area contributed by atoms with Gasteiger partial charge in [0.15, 0.2) is 0 Å². The number of rotatable bonds is 5. The van der Waals surface area contributed by atoms with Gasteiger partial charge >= 0.3 is 12.1 Å². The molecule has 0 aromatic carbocycles. The highest BCUT2D eigenvalue weighted by atomic mass is 32.2. The Morgan fingerprint density at radius 1 is 1.38 bits per heavy atom. The van der Waals surface area contributed by atoms with Crippen molar-refractivity contribution in [3.63, 3.8) is 0 Å². The Hall–Kier alpha value is -2.03. The molecule has 29 heavy (non-hydrogen) atoms. The van der Waals surface area contributed by atoms with Crippen molar-refractivity contribution in [3.05, 3.63) is 34.5 Å². The maximum Gasteiger partial charge on any atom is 0.490 e. The number of aromatic nitrogens is 3. The van der Waals surface area contributed by atoms with E-state index < -0.39 is 22.2 Å². The summed E-state index contributed by atoms with van der Waals surface area (Å²) in [4.78, 5) is 15.5. The number of carbonyl (C=O) groups is 1. The molecule has 2 aromatic heterocycles. The molecule has 1 aliphatic heterocycles. The number of carboxylic acids is 1. The van der Waals surface area contributed by atoms with Gasteiger partial charge in [-0.1, -0.05) is 0 Å². The van der Waals surface area contributed by atoms with Gasteiger partial charge in [0, 0.05) is 49.9 Å².